The van der Waals surface area contributed by atoms with Crippen molar-refractivity contribution < 1.29 is 19.7 Å². The molecule has 0 aliphatic carbocycles. The summed E-state index contributed by atoms with van der Waals surface area (Å²) in [6, 6.07) is 25.1. The Morgan fingerprint density at radius 1 is 0.543 bits per heavy atom. The van der Waals surface area contributed by atoms with Gasteiger partial charge in [-0.1, -0.05) is 12.1 Å². The molecule has 0 bridgehead atoms. The maximum atomic E-state index is 10.7. The summed E-state index contributed by atoms with van der Waals surface area (Å²) in [6.07, 6.45) is 0. The number of fused-ring (bicyclic) bond motifs is 2. The zero-order valence-electron chi connectivity index (χ0n) is 25.9. The van der Waals surface area contributed by atoms with Gasteiger partial charge in [-0.3, -0.25) is 0 Å². The molecule has 2 aromatic heterocycles. The van der Waals surface area contributed by atoms with E-state index in [0.29, 0.717) is 67.7 Å². The van der Waals surface area contributed by atoms with E-state index in [-0.39, 0.29) is 11.5 Å². The Kier molecular flexibility index (Phi) is 8.13. The lowest BCUT2D eigenvalue weighted by molar-refractivity contribution is 0.415. The van der Waals surface area contributed by atoms with Crippen molar-refractivity contribution in [3.63, 3.8) is 0 Å². The quantitative estimate of drug-likeness (QED) is 0.163. The van der Waals surface area contributed by atoms with Crippen LogP contribution in [0.15, 0.2) is 105 Å². The van der Waals surface area contributed by atoms with Crippen molar-refractivity contribution in [2.45, 2.75) is 13.8 Å². The van der Waals surface area contributed by atoms with E-state index in [9.17, 15) is 10.2 Å². The lowest BCUT2D eigenvalue weighted by Crippen LogP contribution is -2.12. The number of nitrogens with zero attached hydrogens (tertiary/aromatic N) is 7. The van der Waals surface area contributed by atoms with Gasteiger partial charge in [0.2, 0.25) is 0 Å². The third kappa shape index (κ3) is 5.85. The highest BCUT2D eigenvalue weighted by Crippen LogP contribution is 2.38. The van der Waals surface area contributed by atoms with Crippen LogP contribution in [0.5, 0.6) is 23.0 Å². The smallest absolute Gasteiger partial charge is 0.146 e. The van der Waals surface area contributed by atoms with Crippen LogP contribution in [-0.2, 0) is 0 Å². The first-order valence-electron chi connectivity index (χ1n) is 14.4. The van der Waals surface area contributed by atoms with Crippen LogP contribution in [0.25, 0.3) is 21.8 Å². The van der Waals surface area contributed by atoms with Crippen molar-refractivity contribution in [3.8, 4) is 23.0 Å². The molecule has 6 aromatic rings. The fourth-order valence-corrected chi connectivity index (χ4v) is 4.99. The number of azo groups is 2. The van der Waals surface area contributed by atoms with Crippen molar-refractivity contribution in [2.24, 2.45) is 20.5 Å². The highest BCUT2D eigenvalue weighted by Gasteiger charge is 2.15. The standard InChI is InChI=1S/C35H31N7O4/c1-20-6-14-30(45-4)26(18-20)40-38-24-10-12-28(43)34-22(24)8-16-32(36-34)42(3)33-17-9-23-25(11-13-29(44)35(23)37-33)39-41-27-19-21(2)7-15-31(27)46-5/h6-19,43-44H,1-5H3. The molecule has 4 aromatic carbocycles. The van der Waals surface area contributed by atoms with E-state index in [0.717, 1.165) is 11.1 Å². The number of phenols is 2. The van der Waals surface area contributed by atoms with Gasteiger partial charge in [-0.15, -0.1) is 20.5 Å². The van der Waals surface area contributed by atoms with E-state index < -0.39 is 0 Å². The number of methoxy groups -OCH3 is 2. The van der Waals surface area contributed by atoms with E-state index in [1.54, 1.807) is 50.4 Å². The average molecular weight is 614 g/mol. The van der Waals surface area contributed by atoms with E-state index in [4.69, 9.17) is 19.4 Å². The van der Waals surface area contributed by atoms with Gasteiger partial charge in [0, 0.05) is 17.8 Å². The van der Waals surface area contributed by atoms with Gasteiger partial charge in [0.05, 0.1) is 25.6 Å². The Balaban J connectivity index is 1.33. The molecule has 0 atom stereocenters. The predicted molar refractivity (Wildman–Crippen MR) is 179 cm³/mol. The van der Waals surface area contributed by atoms with E-state index in [1.807, 2.05) is 62.4 Å². The Hall–Kier alpha value is -6.10. The fourth-order valence-electron chi connectivity index (χ4n) is 4.99. The first kappa shape index (κ1) is 29.9. The number of benzene rings is 4. The topological polar surface area (TPSA) is 137 Å². The normalized spacial score (nSPS) is 11.6. The number of aromatic nitrogens is 2. The van der Waals surface area contributed by atoms with Gasteiger partial charge in [0.15, 0.2) is 0 Å². The molecule has 0 aliphatic heterocycles. The third-order valence-corrected chi connectivity index (χ3v) is 7.48. The van der Waals surface area contributed by atoms with Crippen LogP contribution in [0.2, 0.25) is 0 Å². The first-order valence-corrected chi connectivity index (χ1v) is 14.4. The van der Waals surface area contributed by atoms with E-state index in [2.05, 4.69) is 20.5 Å². The summed E-state index contributed by atoms with van der Waals surface area (Å²) in [4.78, 5) is 11.2. The van der Waals surface area contributed by atoms with Crippen LogP contribution in [0.3, 0.4) is 0 Å². The number of aryl methyl sites for hydroxylation is 2. The van der Waals surface area contributed by atoms with Crippen molar-refractivity contribution in [3.05, 3.63) is 96.1 Å². The summed E-state index contributed by atoms with van der Waals surface area (Å²) >= 11 is 0. The van der Waals surface area contributed by atoms with Gasteiger partial charge in [0.25, 0.3) is 0 Å². The zero-order valence-corrected chi connectivity index (χ0v) is 25.9. The lowest BCUT2D eigenvalue weighted by atomic mass is 10.1. The van der Waals surface area contributed by atoms with Crippen LogP contribution in [0.4, 0.5) is 34.4 Å². The molecule has 230 valence electrons. The summed E-state index contributed by atoms with van der Waals surface area (Å²) < 4.78 is 10.8. The minimum atomic E-state index is 0.00157. The fraction of sp³-hybridized carbons (Fsp3) is 0.143. The minimum absolute atomic E-state index is 0.00157. The number of rotatable bonds is 8. The van der Waals surface area contributed by atoms with Crippen LogP contribution >= 0.6 is 0 Å². The SMILES string of the molecule is COc1ccc(C)cc1N=Nc1ccc(O)c2nc(N(C)c3ccc4c(N=Nc5cc(C)ccc5OC)ccc(O)c4n3)ccc12. The van der Waals surface area contributed by atoms with Gasteiger partial charge >= 0.3 is 0 Å². The number of phenolic OH excluding ortho intramolecular Hbond substituents is 2. The molecular formula is C35H31N7O4. The van der Waals surface area contributed by atoms with Gasteiger partial charge in [-0.25, -0.2) is 9.97 Å². The lowest BCUT2D eigenvalue weighted by Gasteiger charge is -2.19. The summed E-state index contributed by atoms with van der Waals surface area (Å²) in [7, 11) is 4.97. The number of hydrogen-bond donors (Lipinski definition) is 2. The molecule has 46 heavy (non-hydrogen) atoms. The highest BCUT2D eigenvalue weighted by atomic mass is 16.5. The summed E-state index contributed by atoms with van der Waals surface area (Å²) in [5.74, 6) is 2.26. The van der Waals surface area contributed by atoms with Gasteiger partial charge < -0.3 is 24.6 Å². The minimum Gasteiger partial charge on any atom is -0.506 e. The molecule has 0 aliphatic rings. The number of hydrogen-bond acceptors (Lipinski definition) is 11. The van der Waals surface area contributed by atoms with Gasteiger partial charge in [0.1, 0.15) is 57.0 Å². The maximum Gasteiger partial charge on any atom is 0.146 e. The third-order valence-electron chi connectivity index (χ3n) is 7.48. The maximum absolute atomic E-state index is 10.7. The van der Waals surface area contributed by atoms with Crippen molar-refractivity contribution in [2.75, 3.05) is 26.2 Å². The zero-order chi connectivity index (χ0) is 32.4. The molecule has 0 spiro atoms. The molecule has 0 fully saturated rings. The second-order valence-corrected chi connectivity index (χ2v) is 10.6. The number of aromatic hydroxyl groups is 2. The molecule has 0 amide bonds. The Morgan fingerprint density at radius 3 is 1.37 bits per heavy atom. The average Bonchev–Trinajstić information content (AvgIpc) is 3.07. The summed E-state index contributed by atoms with van der Waals surface area (Å²) in [6.45, 7) is 3.94. The molecule has 2 N–H and O–H groups in total. The Bertz CT molecular complexity index is 2010. The predicted octanol–water partition coefficient (Wildman–Crippen LogP) is 9.43. The van der Waals surface area contributed by atoms with Crippen LogP contribution < -0.4 is 14.4 Å². The monoisotopic (exact) mass is 613 g/mol. The molecule has 0 unspecified atom stereocenters. The highest BCUT2D eigenvalue weighted by molar-refractivity contribution is 5.96. The van der Waals surface area contributed by atoms with Gasteiger partial charge in [-0.05, 0) is 97.8 Å². The molecule has 0 saturated carbocycles. The summed E-state index contributed by atoms with van der Waals surface area (Å²) in [5, 5.41) is 40.4. The number of ether oxygens (including phenoxy) is 2. The second-order valence-electron chi connectivity index (χ2n) is 10.6. The summed E-state index contributed by atoms with van der Waals surface area (Å²) in [5.41, 5.74) is 5.03. The number of pyridine rings is 2. The van der Waals surface area contributed by atoms with E-state index in [1.165, 1.54) is 12.1 Å². The molecule has 11 heteroatoms. The van der Waals surface area contributed by atoms with Crippen LogP contribution in [0.1, 0.15) is 11.1 Å². The Labute approximate surface area is 265 Å². The van der Waals surface area contributed by atoms with Crippen molar-refractivity contribution >= 4 is 56.2 Å². The molecule has 2 heterocycles. The van der Waals surface area contributed by atoms with Crippen LogP contribution in [0, 0.1) is 13.8 Å². The molecule has 11 nitrogen and oxygen atoms in total. The largest absolute Gasteiger partial charge is 0.506 e. The number of anilines is 2. The van der Waals surface area contributed by atoms with Crippen molar-refractivity contribution in [1.29, 1.82) is 0 Å². The van der Waals surface area contributed by atoms with E-state index >= 15 is 0 Å². The van der Waals surface area contributed by atoms with Crippen LogP contribution in [-0.4, -0.2) is 41.4 Å². The molecular weight excluding hydrogens is 582 g/mol. The van der Waals surface area contributed by atoms with Gasteiger partial charge in [-0.2, -0.15) is 0 Å². The molecule has 6 rings (SSSR count). The van der Waals surface area contributed by atoms with Crippen molar-refractivity contribution in [1.82, 2.24) is 9.97 Å². The first-order chi connectivity index (χ1) is 22.2. The second kappa shape index (κ2) is 12.5. The molecule has 0 radical (unpaired) electrons. The molecule has 0 saturated heterocycles. The Morgan fingerprint density at radius 2 is 0.957 bits per heavy atom.